The molecule has 0 radical (unpaired) electrons. The van der Waals surface area contributed by atoms with E-state index in [1.807, 2.05) is 19.1 Å². The van der Waals surface area contributed by atoms with Crippen molar-refractivity contribution in [1.29, 1.82) is 0 Å². The Hall–Kier alpha value is -1.55. The highest BCUT2D eigenvalue weighted by Gasteiger charge is 2.13. The molecule has 0 saturated heterocycles. The van der Waals surface area contributed by atoms with Gasteiger partial charge >= 0.3 is 0 Å². The zero-order valence-corrected chi connectivity index (χ0v) is 13.2. The number of carbonyl (C=O) groups excluding carboxylic acids is 1. The standard InChI is InChI=1S/C16H27N3O/c1-11(2)19(12(3)4)9-8-18-16(20)14-7-6-13(5)15(17)10-14/h6-7,10-12H,8-9,17H2,1-5H3,(H,18,20). The molecule has 0 saturated carbocycles. The summed E-state index contributed by atoms with van der Waals surface area (Å²) in [5.41, 5.74) is 8.09. The highest BCUT2D eigenvalue weighted by atomic mass is 16.1. The van der Waals surface area contributed by atoms with Gasteiger partial charge in [-0.1, -0.05) is 6.07 Å². The minimum Gasteiger partial charge on any atom is -0.398 e. The average molecular weight is 277 g/mol. The molecule has 0 aliphatic heterocycles. The van der Waals surface area contributed by atoms with Gasteiger partial charge in [0.05, 0.1) is 0 Å². The quantitative estimate of drug-likeness (QED) is 0.785. The van der Waals surface area contributed by atoms with Gasteiger partial charge in [-0.05, 0) is 52.3 Å². The molecule has 4 heteroatoms. The van der Waals surface area contributed by atoms with Gasteiger partial charge in [-0.2, -0.15) is 0 Å². The third kappa shape index (κ3) is 4.53. The van der Waals surface area contributed by atoms with Crippen molar-refractivity contribution in [2.24, 2.45) is 0 Å². The third-order valence-electron chi connectivity index (χ3n) is 3.52. The van der Waals surface area contributed by atoms with Crippen LogP contribution in [0.1, 0.15) is 43.6 Å². The van der Waals surface area contributed by atoms with Crippen molar-refractivity contribution in [3.63, 3.8) is 0 Å². The zero-order valence-electron chi connectivity index (χ0n) is 13.2. The minimum atomic E-state index is -0.0656. The number of nitrogens with one attached hydrogen (secondary N) is 1. The number of nitrogens with zero attached hydrogens (tertiary/aromatic N) is 1. The first kappa shape index (κ1) is 16.5. The predicted molar refractivity (Wildman–Crippen MR) is 84.9 cm³/mol. The molecule has 0 spiro atoms. The smallest absolute Gasteiger partial charge is 0.251 e. The normalized spacial score (nSPS) is 11.4. The number of nitrogens with two attached hydrogens (primary N) is 1. The monoisotopic (exact) mass is 277 g/mol. The molecule has 112 valence electrons. The van der Waals surface area contributed by atoms with E-state index in [4.69, 9.17) is 5.73 Å². The van der Waals surface area contributed by atoms with E-state index in [-0.39, 0.29) is 5.91 Å². The van der Waals surface area contributed by atoms with Crippen LogP contribution in [0, 0.1) is 6.92 Å². The lowest BCUT2D eigenvalue weighted by Gasteiger charge is -2.30. The van der Waals surface area contributed by atoms with Gasteiger partial charge in [-0.3, -0.25) is 9.69 Å². The summed E-state index contributed by atoms with van der Waals surface area (Å²) in [4.78, 5) is 14.4. The van der Waals surface area contributed by atoms with E-state index in [1.54, 1.807) is 6.07 Å². The van der Waals surface area contributed by atoms with Gasteiger partial charge in [0.2, 0.25) is 0 Å². The second kappa shape index (κ2) is 7.29. The molecule has 0 bridgehead atoms. The summed E-state index contributed by atoms with van der Waals surface area (Å²) in [5.74, 6) is -0.0656. The topological polar surface area (TPSA) is 58.4 Å². The first-order valence-electron chi connectivity index (χ1n) is 7.23. The van der Waals surface area contributed by atoms with E-state index >= 15 is 0 Å². The molecule has 0 aromatic heterocycles. The van der Waals surface area contributed by atoms with Crippen LogP contribution in [0.4, 0.5) is 5.69 Å². The lowest BCUT2D eigenvalue weighted by atomic mass is 10.1. The van der Waals surface area contributed by atoms with Crippen LogP contribution >= 0.6 is 0 Å². The molecule has 0 fully saturated rings. The summed E-state index contributed by atoms with van der Waals surface area (Å²) >= 11 is 0. The fraction of sp³-hybridized carbons (Fsp3) is 0.562. The van der Waals surface area contributed by atoms with Gasteiger partial charge in [0.1, 0.15) is 0 Å². The van der Waals surface area contributed by atoms with Crippen LogP contribution in [0.15, 0.2) is 18.2 Å². The predicted octanol–water partition coefficient (Wildman–Crippen LogP) is 2.43. The molecule has 0 aliphatic carbocycles. The fourth-order valence-corrected chi connectivity index (χ4v) is 2.29. The Morgan fingerprint density at radius 1 is 1.25 bits per heavy atom. The molecular formula is C16H27N3O. The van der Waals surface area contributed by atoms with Crippen LogP contribution in [0.3, 0.4) is 0 Å². The molecule has 0 atom stereocenters. The number of hydrogen-bond donors (Lipinski definition) is 2. The molecular weight excluding hydrogens is 250 g/mol. The molecule has 3 N–H and O–H groups in total. The summed E-state index contributed by atoms with van der Waals surface area (Å²) in [6.07, 6.45) is 0. The van der Waals surface area contributed by atoms with E-state index in [9.17, 15) is 4.79 Å². The fourth-order valence-electron chi connectivity index (χ4n) is 2.29. The molecule has 1 aromatic rings. The number of benzene rings is 1. The summed E-state index contributed by atoms with van der Waals surface area (Å²) < 4.78 is 0. The van der Waals surface area contributed by atoms with Crippen molar-refractivity contribution in [2.75, 3.05) is 18.8 Å². The molecule has 0 unspecified atom stereocenters. The Kier molecular flexibility index (Phi) is 6.02. The molecule has 20 heavy (non-hydrogen) atoms. The lowest BCUT2D eigenvalue weighted by molar-refractivity contribution is 0.0939. The molecule has 4 nitrogen and oxygen atoms in total. The molecule has 1 aromatic carbocycles. The number of nitrogen functional groups attached to an aromatic ring is 1. The Labute approximate surface area is 122 Å². The Morgan fingerprint density at radius 3 is 2.35 bits per heavy atom. The SMILES string of the molecule is Cc1ccc(C(=O)NCCN(C(C)C)C(C)C)cc1N. The van der Waals surface area contributed by atoms with Crippen LogP contribution in [0.2, 0.25) is 0 Å². The van der Waals surface area contributed by atoms with Gasteiger partial charge < -0.3 is 11.1 Å². The largest absolute Gasteiger partial charge is 0.398 e. The summed E-state index contributed by atoms with van der Waals surface area (Å²) in [6.45, 7) is 12.1. The number of aryl methyl sites for hydroxylation is 1. The van der Waals surface area contributed by atoms with Crippen molar-refractivity contribution in [2.45, 2.75) is 46.7 Å². The maximum Gasteiger partial charge on any atom is 0.251 e. The van der Waals surface area contributed by atoms with Crippen molar-refractivity contribution < 1.29 is 4.79 Å². The van der Waals surface area contributed by atoms with E-state index in [0.29, 0.717) is 29.9 Å². The maximum absolute atomic E-state index is 12.0. The second-order valence-electron chi connectivity index (χ2n) is 5.75. The van der Waals surface area contributed by atoms with E-state index in [0.717, 1.165) is 12.1 Å². The van der Waals surface area contributed by atoms with Crippen molar-refractivity contribution >= 4 is 11.6 Å². The lowest BCUT2D eigenvalue weighted by Crippen LogP contribution is -2.42. The number of rotatable bonds is 6. The summed E-state index contributed by atoms with van der Waals surface area (Å²) in [6, 6.07) is 6.36. The Balaban J connectivity index is 2.53. The molecule has 0 heterocycles. The van der Waals surface area contributed by atoms with Gasteiger partial charge in [-0.15, -0.1) is 0 Å². The van der Waals surface area contributed by atoms with Crippen LogP contribution in [0.25, 0.3) is 0 Å². The maximum atomic E-state index is 12.0. The van der Waals surface area contributed by atoms with Gasteiger partial charge in [0, 0.05) is 36.4 Å². The number of amides is 1. The highest BCUT2D eigenvalue weighted by molar-refractivity contribution is 5.95. The van der Waals surface area contributed by atoms with Crippen molar-refractivity contribution in [3.8, 4) is 0 Å². The summed E-state index contributed by atoms with van der Waals surface area (Å²) in [5, 5.41) is 2.95. The summed E-state index contributed by atoms with van der Waals surface area (Å²) in [7, 11) is 0. The molecule has 0 aliphatic rings. The van der Waals surface area contributed by atoms with Crippen molar-refractivity contribution in [1.82, 2.24) is 10.2 Å². The van der Waals surface area contributed by atoms with E-state index in [2.05, 4.69) is 37.9 Å². The van der Waals surface area contributed by atoms with Crippen LogP contribution < -0.4 is 11.1 Å². The van der Waals surface area contributed by atoms with Gasteiger partial charge in [-0.25, -0.2) is 0 Å². The second-order valence-corrected chi connectivity index (χ2v) is 5.75. The number of carbonyl (C=O) groups is 1. The number of anilines is 1. The van der Waals surface area contributed by atoms with E-state index in [1.165, 1.54) is 0 Å². The molecule has 1 rings (SSSR count). The van der Waals surface area contributed by atoms with Crippen molar-refractivity contribution in [3.05, 3.63) is 29.3 Å². The molecule has 1 amide bonds. The van der Waals surface area contributed by atoms with Crippen LogP contribution in [-0.4, -0.2) is 36.0 Å². The first-order chi connectivity index (χ1) is 9.32. The van der Waals surface area contributed by atoms with E-state index < -0.39 is 0 Å². The first-order valence-corrected chi connectivity index (χ1v) is 7.23. The average Bonchev–Trinajstić information content (AvgIpc) is 2.36. The number of hydrogen-bond acceptors (Lipinski definition) is 3. The third-order valence-corrected chi connectivity index (χ3v) is 3.52. The zero-order chi connectivity index (χ0) is 15.3. The van der Waals surface area contributed by atoms with Crippen LogP contribution in [-0.2, 0) is 0 Å². The van der Waals surface area contributed by atoms with Gasteiger partial charge in [0.15, 0.2) is 0 Å². The van der Waals surface area contributed by atoms with Crippen LogP contribution in [0.5, 0.6) is 0 Å². The minimum absolute atomic E-state index is 0.0656. The van der Waals surface area contributed by atoms with Gasteiger partial charge in [0.25, 0.3) is 5.91 Å². The highest BCUT2D eigenvalue weighted by Crippen LogP contribution is 2.12. The Bertz CT molecular complexity index is 447. The Morgan fingerprint density at radius 2 is 1.85 bits per heavy atom.